The van der Waals surface area contributed by atoms with Crippen molar-refractivity contribution in [3.8, 4) is 6.07 Å². The average molecular weight is 211 g/mol. The summed E-state index contributed by atoms with van der Waals surface area (Å²) < 4.78 is 0. The third-order valence-electron chi connectivity index (χ3n) is 3.53. The molecule has 2 atom stereocenters. The minimum Gasteiger partial charge on any atom is -0.316 e. The molecule has 0 radical (unpaired) electrons. The van der Waals surface area contributed by atoms with Crippen molar-refractivity contribution in [3.05, 3.63) is 35.7 Å². The van der Waals surface area contributed by atoms with Gasteiger partial charge in [0.05, 0.1) is 5.56 Å². The van der Waals surface area contributed by atoms with Crippen LogP contribution in [0.1, 0.15) is 17.5 Å². The van der Waals surface area contributed by atoms with E-state index in [0.29, 0.717) is 11.5 Å². The molecule has 1 aliphatic carbocycles. The van der Waals surface area contributed by atoms with Crippen LogP contribution in [0.2, 0.25) is 0 Å². The Kier molecular flexibility index (Phi) is 2.23. The smallest absolute Gasteiger partial charge is 0.101 e. The highest BCUT2D eigenvalue weighted by Gasteiger charge is 2.31. The van der Waals surface area contributed by atoms with E-state index in [1.165, 1.54) is 5.57 Å². The predicted octanol–water partition coefficient (Wildman–Crippen LogP) is 1.58. The lowest BCUT2D eigenvalue weighted by Gasteiger charge is -2.06. The quantitative estimate of drug-likeness (QED) is 0.767. The topological polar surface area (TPSA) is 48.7 Å². The monoisotopic (exact) mass is 211 g/mol. The molecule has 2 aliphatic rings. The zero-order valence-corrected chi connectivity index (χ0v) is 8.98. The Bertz CT molecular complexity index is 484. The van der Waals surface area contributed by atoms with Gasteiger partial charge >= 0.3 is 0 Å². The van der Waals surface area contributed by atoms with E-state index >= 15 is 0 Å². The van der Waals surface area contributed by atoms with Crippen LogP contribution in [0.4, 0.5) is 0 Å². The first-order valence-corrected chi connectivity index (χ1v) is 5.64. The molecular weight excluding hydrogens is 198 g/mol. The number of rotatable bonds is 1. The minimum absolute atomic E-state index is 0.647. The first-order chi connectivity index (χ1) is 7.86. The van der Waals surface area contributed by atoms with Crippen LogP contribution in [0.3, 0.4) is 0 Å². The summed E-state index contributed by atoms with van der Waals surface area (Å²) in [6.45, 7) is 2.22. The van der Waals surface area contributed by atoms with Crippen LogP contribution in [0.5, 0.6) is 0 Å². The van der Waals surface area contributed by atoms with Crippen LogP contribution in [0, 0.1) is 23.2 Å². The van der Waals surface area contributed by atoms with Gasteiger partial charge in [0.25, 0.3) is 0 Å². The maximum atomic E-state index is 8.85. The van der Waals surface area contributed by atoms with Gasteiger partial charge in [0.15, 0.2) is 0 Å². The van der Waals surface area contributed by atoms with Crippen LogP contribution in [-0.2, 0) is 0 Å². The zero-order valence-electron chi connectivity index (χ0n) is 8.98. The van der Waals surface area contributed by atoms with Crippen LogP contribution in [0.15, 0.2) is 24.5 Å². The Hall–Kier alpha value is -1.66. The van der Waals surface area contributed by atoms with Gasteiger partial charge in [-0.05, 0) is 42.0 Å². The molecule has 0 unspecified atom stereocenters. The molecule has 80 valence electrons. The summed E-state index contributed by atoms with van der Waals surface area (Å²) >= 11 is 0. The fourth-order valence-electron chi connectivity index (χ4n) is 2.67. The first kappa shape index (κ1) is 9.56. The molecule has 0 bridgehead atoms. The summed E-state index contributed by atoms with van der Waals surface area (Å²) in [6, 6.07) is 4.08. The van der Waals surface area contributed by atoms with Crippen LogP contribution >= 0.6 is 0 Å². The van der Waals surface area contributed by atoms with E-state index in [4.69, 9.17) is 5.26 Å². The molecule has 3 heteroatoms. The van der Waals surface area contributed by atoms with E-state index in [1.807, 2.05) is 12.3 Å². The van der Waals surface area contributed by atoms with Gasteiger partial charge in [-0.2, -0.15) is 5.26 Å². The summed E-state index contributed by atoms with van der Waals surface area (Å²) in [5.41, 5.74) is 3.13. The Balaban J connectivity index is 1.91. The SMILES string of the molecule is N#Cc1cncc(C2=C[C@@H]3CNC[C@@H]3C2)c1. The van der Waals surface area contributed by atoms with Gasteiger partial charge in [0.1, 0.15) is 6.07 Å². The highest BCUT2D eigenvalue weighted by atomic mass is 14.9. The Labute approximate surface area is 94.8 Å². The summed E-state index contributed by atoms with van der Waals surface area (Å²) in [5.74, 6) is 1.43. The van der Waals surface area contributed by atoms with Crippen molar-refractivity contribution < 1.29 is 0 Å². The van der Waals surface area contributed by atoms with E-state index in [0.717, 1.165) is 31.0 Å². The molecule has 1 fully saturated rings. The van der Waals surface area contributed by atoms with Crippen molar-refractivity contribution in [1.29, 1.82) is 5.26 Å². The van der Waals surface area contributed by atoms with Crippen molar-refractivity contribution in [2.45, 2.75) is 6.42 Å². The third-order valence-corrected chi connectivity index (χ3v) is 3.53. The molecular formula is C13H13N3. The highest BCUT2D eigenvalue weighted by molar-refractivity contribution is 5.68. The fraction of sp³-hybridized carbons (Fsp3) is 0.385. The number of nitrogens with zero attached hydrogens (tertiary/aromatic N) is 2. The van der Waals surface area contributed by atoms with Crippen LogP contribution in [0.25, 0.3) is 5.57 Å². The molecule has 16 heavy (non-hydrogen) atoms. The van der Waals surface area contributed by atoms with E-state index in [-0.39, 0.29) is 0 Å². The zero-order chi connectivity index (χ0) is 11.0. The van der Waals surface area contributed by atoms with Crippen LogP contribution < -0.4 is 5.32 Å². The Morgan fingerprint density at radius 1 is 1.38 bits per heavy atom. The fourth-order valence-corrected chi connectivity index (χ4v) is 2.67. The van der Waals surface area contributed by atoms with Crippen molar-refractivity contribution in [2.24, 2.45) is 11.8 Å². The maximum Gasteiger partial charge on any atom is 0.101 e. The largest absolute Gasteiger partial charge is 0.316 e. The second kappa shape index (κ2) is 3.73. The summed E-state index contributed by atoms with van der Waals surface area (Å²) in [5, 5.41) is 12.3. The van der Waals surface area contributed by atoms with Crippen LogP contribution in [-0.4, -0.2) is 18.1 Å². The van der Waals surface area contributed by atoms with Gasteiger partial charge in [0, 0.05) is 18.9 Å². The molecule has 3 rings (SSSR count). The number of fused-ring (bicyclic) bond motifs is 1. The first-order valence-electron chi connectivity index (χ1n) is 5.64. The van der Waals surface area contributed by atoms with Gasteiger partial charge < -0.3 is 5.32 Å². The van der Waals surface area contributed by atoms with Gasteiger partial charge in [0.2, 0.25) is 0 Å². The molecule has 0 saturated carbocycles. The number of hydrogen-bond acceptors (Lipinski definition) is 3. The normalized spacial score (nSPS) is 27.3. The molecule has 0 spiro atoms. The number of aromatic nitrogens is 1. The molecule has 1 aromatic rings. The van der Waals surface area contributed by atoms with Crippen molar-refractivity contribution in [1.82, 2.24) is 10.3 Å². The highest BCUT2D eigenvalue weighted by Crippen LogP contribution is 2.37. The minimum atomic E-state index is 0.647. The summed E-state index contributed by atoms with van der Waals surface area (Å²) in [7, 11) is 0. The number of pyridine rings is 1. The van der Waals surface area contributed by atoms with Crippen molar-refractivity contribution in [2.75, 3.05) is 13.1 Å². The average Bonchev–Trinajstić information content (AvgIpc) is 2.89. The number of hydrogen-bond donors (Lipinski definition) is 1. The molecule has 3 nitrogen and oxygen atoms in total. The number of nitriles is 1. The predicted molar refractivity (Wildman–Crippen MR) is 61.4 cm³/mol. The van der Waals surface area contributed by atoms with Crippen molar-refractivity contribution >= 4 is 5.57 Å². The lowest BCUT2D eigenvalue weighted by Crippen LogP contribution is -2.09. The van der Waals surface area contributed by atoms with Gasteiger partial charge in [-0.1, -0.05) is 6.08 Å². The lowest BCUT2D eigenvalue weighted by atomic mass is 9.98. The van der Waals surface area contributed by atoms with E-state index in [9.17, 15) is 0 Å². The molecule has 1 aliphatic heterocycles. The molecule has 1 N–H and O–H groups in total. The molecule has 2 heterocycles. The second-order valence-electron chi connectivity index (χ2n) is 4.55. The van der Waals surface area contributed by atoms with E-state index < -0.39 is 0 Å². The number of allylic oxidation sites excluding steroid dienone is 1. The Morgan fingerprint density at radius 2 is 2.31 bits per heavy atom. The van der Waals surface area contributed by atoms with E-state index in [1.54, 1.807) is 6.20 Å². The van der Waals surface area contributed by atoms with Gasteiger partial charge in [-0.3, -0.25) is 4.98 Å². The second-order valence-corrected chi connectivity index (χ2v) is 4.55. The molecule has 1 aromatic heterocycles. The molecule has 0 amide bonds. The maximum absolute atomic E-state index is 8.85. The summed E-state index contributed by atoms with van der Waals surface area (Å²) in [6.07, 6.45) is 6.94. The Morgan fingerprint density at radius 3 is 3.12 bits per heavy atom. The standard InChI is InChI=1S/C13H13N3/c14-4-9-1-11(6-15-5-9)10-2-12-7-16-8-13(12)3-10/h1-2,5-6,12-13,16H,3,7-8H2/t12-,13+/m1/s1. The van der Waals surface area contributed by atoms with E-state index in [2.05, 4.69) is 22.4 Å². The number of nitrogens with one attached hydrogen (secondary N) is 1. The molecule has 1 saturated heterocycles. The van der Waals surface area contributed by atoms with Crippen molar-refractivity contribution in [3.63, 3.8) is 0 Å². The van der Waals surface area contributed by atoms with Gasteiger partial charge in [-0.25, -0.2) is 0 Å². The third kappa shape index (κ3) is 1.52. The summed E-state index contributed by atoms with van der Waals surface area (Å²) in [4.78, 5) is 4.12. The lowest BCUT2D eigenvalue weighted by molar-refractivity contribution is 0.536. The molecule has 0 aromatic carbocycles. The van der Waals surface area contributed by atoms with Gasteiger partial charge in [-0.15, -0.1) is 0 Å².